The van der Waals surface area contributed by atoms with Gasteiger partial charge in [-0.05, 0) is 109 Å². The lowest BCUT2D eigenvalue weighted by Crippen LogP contribution is -1.95. The van der Waals surface area contributed by atoms with Crippen molar-refractivity contribution < 1.29 is 0 Å². The molecular formula is C46H34N2. The van der Waals surface area contributed by atoms with Crippen LogP contribution in [0, 0.1) is 0 Å². The van der Waals surface area contributed by atoms with Gasteiger partial charge in [-0.1, -0.05) is 129 Å². The molecule has 0 saturated carbocycles. The molecule has 0 amide bonds. The summed E-state index contributed by atoms with van der Waals surface area (Å²) in [6, 6.07) is 57.5. The predicted octanol–water partition coefficient (Wildman–Crippen LogP) is 12.6. The molecule has 0 atom stereocenters. The molecule has 0 spiro atoms. The zero-order chi connectivity index (χ0) is 32.2. The fraction of sp³-hybridized carbons (Fsp3) is 0.0652. The van der Waals surface area contributed by atoms with Gasteiger partial charge in [-0.3, -0.25) is 4.98 Å². The first-order valence-electron chi connectivity index (χ1n) is 16.7. The second-order valence-corrected chi connectivity index (χ2v) is 13.0. The molecule has 0 saturated heterocycles. The fourth-order valence-corrected chi connectivity index (χ4v) is 7.50. The quantitative estimate of drug-likeness (QED) is 0.176. The number of fused-ring (bicyclic) bond motifs is 5. The first-order valence-corrected chi connectivity index (χ1v) is 16.7. The van der Waals surface area contributed by atoms with Crippen LogP contribution in [0.25, 0.3) is 82.5 Å². The van der Waals surface area contributed by atoms with Crippen LogP contribution in [0.4, 0.5) is 0 Å². The van der Waals surface area contributed by atoms with Gasteiger partial charge in [-0.2, -0.15) is 0 Å². The van der Waals surface area contributed by atoms with E-state index in [9.17, 15) is 0 Å². The number of aromatic nitrogens is 2. The molecule has 0 aliphatic rings. The predicted molar refractivity (Wildman–Crippen MR) is 204 cm³/mol. The first-order chi connectivity index (χ1) is 23.7. The van der Waals surface area contributed by atoms with Crippen LogP contribution in [0.3, 0.4) is 0 Å². The maximum absolute atomic E-state index is 4.85. The Kier molecular flexibility index (Phi) is 6.69. The van der Waals surface area contributed by atoms with Gasteiger partial charge in [0.25, 0.3) is 0 Å². The number of hydrogen-bond acceptors (Lipinski definition) is 1. The maximum Gasteiger partial charge on any atom is 0.0963 e. The van der Waals surface area contributed by atoms with Gasteiger partial charge in [-0.25, -0.2) is 0 Å². The van der Waals surface area contributed by atoms with Crippen LogP contribution in [0.5, 0.6) is 0 Å². The molecule has 48 heavy (non-hydrogen) atoms. The zero-order valence-electron chi connectivity index (χ0n) is 27.1. The minimum Gasteiger partial charge on any atom is -0.308 e. The van der Waals surface area contributed by atoms with Crippen LogP contribution >= 0.6 is 0 Å². The summed E-state index contributed by atoms with van der Waals surface area (Å²) in [5, 5.41) is 6.24. The van der Waals surface area contributed by atoms with Gasteiger partial charge >= 0.3 is 0 Å². The highest BCUT2D eigenvalue weighted by Gasteiger charge is 2.18. The van der Waals surface area contributed by atoms with E-state index in [0.29, 0.717) is 5.92 Å². The van der Waals surface area contributed by atoms with E-state index < -0.39 is 0 Å². The van der Waals surface area contributed by atoms with E-state index in [-0.39, 0.29) is 0 Å². The minimum absolute atomic E-state index is 0.452. The van der Waals surface area contributed by atoms with Crippen molar-refractivity contribution in [2.45, 2.75) is 19.8 Å². The van der Waals surface area contributed by atoms with E-state index in [1.54, 1.807) is 0 Å². The smallest absolute Gasteiger partial charge is 0.0963 e. The Labute approximate surface area is 280 Å². The topological polar surface area (TPSA) is 17.8 Å². The standard InChI is InChI=1S/C46H34N2/c1-30(2)33-23-25-42-41(28-33)46-43(21-12-26-47-46)48(42)36-18-11-17-34(27-36)35-22-24-39-40(29-35)45(32-15-7-4-8-16-32)38-20-10-9-19-37(38)44(39)31-13-5-3-6-14-31/h3-30H,1-2H3. The van der Waals surface area contributed by atoms with Gasteiger partial charge in [0.15, 0.2) is 0 Å². The SMILES string of the molecule is CC(C)c1ccc2c(c1)c1ncccc1n2-c1cccc(-c2ccc3c(-c4ccccc4)c4ccccc4c(-c4ccccc4)c3c2)c1. The molecule has 228 valence electrons. The van der Waals surface area contributed by atoms with Crippen LogP contribution in [-0.2, 0) is 0 Å². The lowest BCUT2D eigenvalue weighted by atomic mass is 9.85. The van der Waals surface area contributed by atoms with Crippen LogP contribution in [0.1, 0.15) is 25.3 Å². The molecule has 0 bridgehead atoms. The summed E-state index contributed by atoms with van der Waals surface area (Å²) in [4.78, 5) is 4.85. The van der Waals surface area contributed by atoms with Crippen LogP contribution in [0.2, 0.25) is 0 Å². The van der Waals surface area contributed by atoms with Crippen molar-refractivity contribution in [2.75, 3.05) is 0 Å². The van der Waals surface area contributed by atoms with Gasteiger partial charge in [0, 0.05) is 17.3 Å². The molecule has 2 aromatic heterocycles. The highest BCUT2D eigenvalue weighted by molar-refractivity contribution is 6.22. The summed E-state index contributed by atoms with van der Waals surface area (Å²) >= 11 is 0. The Bertz CT molecular complexity index is 2630. The fourth-order valence-electron chi connectivity index (χ4n) is 7.50. The van der Waals surface area contributed by atoms with Crippen molar-refractivity contribution in [1.82, 2.24) is 9.55 Å². The van der Waals surface area contributed by atoms with Crippen LogP contribution < -0.4 is 0 Å². The Morgan fingerprint density at radius 3 is 1.77 bits per heavy atom. The molecule has 0 aliphatic heterocycles. The van der Waals surface area contributed by atoms with Gasteiger partial charge in [0.2, 0.25) is 0 Å². The monoisotopic (exact) mass is 614 g/mol. The minimum atomic E-state index is 0.452. The molecule has 0 N–H and O–H groups in total. The molecule has 0 aliphatic carbocycles. The summed E-state index contributed by atoms with van der Waals surface area (Å²) in [6.45, 7) is 4.49. The second kappa shape index (κ2) is 11.4. The van der Waals surface area contributed by atoms with E-state index in [1.807, 2.05) is 12.3 Å². The Morgan fingerprint density at radius 1 is 0.438 bits per heavy atom. The second-order valence-electron chi connectivity index (χ2n) is 13.0. The molecule has 9 rings (SSSR count). The van der Waals surface area contributed by atoms with E-state index >= 15 is 0 Å². The van der Waals surface area contributed by atoms with Gasteiger partial charge < -0.3 is 4.57 Å². The zero-order valence-corrected chi connectivity index (χ0v) is 27.1. The summed E-state index contributed by atoms with van der Waals surface area (Å²) in [6.07, 6.45) is 1.90. The van der Waals surface area contributed by atoms with E-state index in [4.69, 9.17) is 4.98 Å². The molecule has 0 unspecified atom stereocenters. The summed E-state index contributed by atoms with van der Waals surface area (Å²) in [5.74, 6) is 0.452. The molecular weight excluding hydrogens is 581 g/mol. The van der Waals surface area contributed by atoms with E-state index in [2.05, 4.69) is 170 Å². The van der Waals surface area contributed by atoms with Crippen LogP contribution in [-0.4, -0.2) is 9.55 Å². The van der Waals surface area contributed by atoms with E-state index in [0.717, 1.165) is 16.7 Å². The van der Waals surface area contributed by atoms with E-state index in [1.165, 1.54) is 71.4 Å². The van der Waals surface area contributed by atoms with Crippen molar-refractivity contribution in [3.05, 3.63) is 169 Å². The van der Waals surface area contributed by atoms with Gasteiger partial charge in [0.1, 0.15) is 0 Å². The average Bonchev–Trinajstić information content (AvgIpc) is 3.48. The molecule has 2 heterocycles. The number of benzene rings is 7. The van der Waals surface area contributed by atoms with Crippen molar-refractivity contribution in [1.29, 1.82) is 0 Å². The summed E-state index contributed by atoms with van der Waals surface area (Å²) in [7, 11) is 0. The first kappa shape index (κ1) is 28.3. The third kappa shape index (κ3) is 4.52. The Hall–Kier alpha value is -5.99. The number of hydrogen-bond donors (Lipinski definition) is 0. The lowest BCUT2D eigenvalue weighted by Gasteiger charge is -2.19. The molecule has 9 aromatic rings. The average molecular weight is 615 g/mol. The Balaban J connectivity index is 1.30. The maximum atomic E-state index is 4.85. The lowest BCUT2D eigenvalue weighted by molar-refractivity contribution is 0.868. The third-order valence-corrected chi connectivity index (χ3v) is 9.80. The molecule has 2 nitrogen and oxygen atoms in total. The van der Waals surface area contributed by atoms with Crippen LogP contribution in [0.15, 0.2) is 164 Å². The van der Waals surface area contributed by atoms with Gasteiger partial charge in [0.05, 0.1) is 16.6 Å². The van der Waals surface area contributed by atoms with Crippen molar-refractivity contribution in [3.63, 3.8) is 0 Å². The molecule has 0 radical (unpaired) electrons. The highest BCUT2D eigenvalue weighted by atomic mass is 15.0. The molecule has 7 aromatic carbocycles. The summed E-state index contributed by atoms with van der Waals surface area (Å²) in [5.41, 5.74) is 13.2. The van der Waals surface area contributed by atoms with Gasteiger partial charge in [-0.15, -0.1) is 0 Å². The molecule has 0 fully saturated rings. The van der Waals surface area contributed by atoms with Crippen molar-refractivity contribution >= 4 is 43.5 Å². The highest BCUT2D eigenvalue weighted by Crippen LogP contribution is 2.45. The third-order valence-electron chi connectivity index (χ3n) is 9.80. The van der Waals surface area contributed by atoms with Crippen molar-refractivity contribution in [3.8, 4) is 39.1 Å². The number of rotatable bonds is 5. The number of nitrogens with zero attached hydrogens (tertiary/aromatic N) is 2. The molecule has 2 heteroatoms. The normalized spacial score (nSPS) is 11.7. The largest absolute Gasteiger partial charge is 0.308 e. The number of pyridine rings is 1. The Morgan fingerprint density at radius 2 is 1.06 bits per heavy atom. The summed E-state index contributed by atoms with van der Waals surface area (Å²) < 4.78 is 2.36. The van der Waals surface area contributed by atoms with Crippen molar-refractivity contribution in [2.24, 2.45) is 0 Å².